The van der Waals surface area contributed by atoms with Gasteiger partial charge in [0.2, 0.25) is 5.91 Å². The smallest absolute Gasteiger partial charge is 0.323 e. The lowest BCUT2D eigenvalue weighted by molar-refractivity contribution is -0.124. The number of nitrogens with one attached hydrogen (secondary N) is 3. The second-order valence-electron chi connectivity index (χ2n) is 6.65. The number of methoxy groups -OCH3 is 1. The van der Waals surface area contributed by atoms with E-state index in [0.29, 0.717) is 28.6 Å². The van der Waals surface area contributed by atoms with Crippen LogP contribution in [0.2, 0.25) is 0 Å². The fourth-order valence-electron chi connectivity index (χ4n) is 2.43. The molecule has 0 aromatic heterocycles. The molecule has 136 valence electrons. The van der Waals surface area contributed by atoms with E-state index in [4.69, 9.17) is 9.47 Å². The SMILES string of the molecule is COc1cccc(NC(=O)Nc2ccc3c(c2)OCC(C)(C)C(=O)N3)c1. The van der Waals surface area contributed by atoms with Crippen LogP contribution in [0.5, 0.6) is 11.5 Å². The van der Waals surface area contributed by atoms with Gasteiger partial charge in [0.05, 0.1) is 18.2 Å². The van der Waals surface area contributed by atoms with Crippen molar-refractivity contribution < 1.29 is 19.1 Å². The van der Waals surface area contributed by atoms with E-state index < -0.39 is 11.4 Å². The van der Waals surface area contributed by atoms with E-state index in [-0.39, 0.29) is 12.5 Å². The van der Waals surface area contributed by atoms with Gasteiger partial charge in [-0.15, -0.1) is 0 Å². The number of urea groups is 1. The first kappa shape index (κ1) is 17.6. The highest BCUT2D eigenvalue weighted by Crippen LogP contribution is 2.34. The Morgan fingerprint density at radius 2 is 1.88 bits per heavy atom. The molecule has 0 spiro atoms. The molecular weight excluding hydrogens is 334 g/mol. The topological polar surface area (TPSA) is 88.7 Å². The number of fused-ring (bicyclic) bond motifs is 1. The quantitative estimate of drug-likeness (QED) is 0.783. The maximum absolute atomic E-state index is 12.2. The highest BCUT2D eigenvalue weighted by atomic mass is 16.5. The Balaban J connectivity index is 1.70. The molecule has 26 heavy (non-hydrogen) atoms. The van der Waals surface area contributed by atoms with Crippen molar-refractivity contribution in [1.29, 1.82) is 0 Å². The molecule has 0 atom stereocenters. The number of hydrogen-bond acceptors (Lipinski definition) is 4. The van der Waals surface area contributed by atoms with Gasteiger partial charge in [0.25, 0.3) is 0 Å². The highest BCUT2D eigenvalue weighted by Gasteiger charge is 2.32. The van der Waals surface area contributed by atoms with Gasteiger partial charge in [0, 0.05) is 23.5 Å². The van der Waals surface area contributed by atoms with Crippen LogP contribution in [-0.2, 0) is 4.79 Å². The number of carbonyl (C=O) groups excluding carboxylic acids is 2. The summed E-state index contributed by atoms with van der Waals surface area (Å²) in [7, 11) is 1.56. The summed E-state index contributed by atoms with van der Waals surface area (Å²) in [6.45, 7) is 3.88. The summed E-state index contributed by atoms with van der Waals surface area (Å²) in [4.78, 5) is 24.3. The molecule has 2 aromatic carbocycles. The van der Waals surface area contributed by atoms with Crippen LogP contribution in [0.3, 0.4) is 0 Å². The summed E-state index contributed by atoms with van der Waals surface area (Å²) in [6.07, 6.45) is 0. The molecule has 0 unspecified atom stereocenters. The molecule has 3 rings (SSSR count). The molecule has 7 heteroatoms. The minimum absolute atomic E-state index is 0.104. The number of rotatable bonds is 3. The summed E-state index contributed by atoms with van der Waals surface area (Å²) >= 11 is 0. The summed E-state index contributed by atoms with van der Waals surface area (Å²) in [5, 5.41) is 8.32. The molecule has 2 aromatic rings. The monoisotopic (exact) mass is 355 g/mol. The van der Waals surface area contributed by atoms with Crippen molar-refractivity contribution in [3.8, 4) is 11.5 Å². The predicted octanol–water partition coefficient (Wildman–Crippen LogP) is 3.70. The van der Waals surface area contributed by atoms with Crippen LogP contribution in [-0.4, -0.2) is 25.7 Å². The van der Waals surface area contributed by atoms with Gasteiger partial charge in [-0.05, 0) is 38.1 Å². The third kappa shape index (κ3) is 3.88. The third-order valence-corrected chi connectivity index (χ3v) is 4.02. The summed E-state index contributed by atoms with van der Waals surface area (Å²) < 4.78 is 10.9. The Bertz CT molecular complexity index is 848. The average Bonchev–Trinajstić information content (AvgIpc) is 2.72. The van der Waals surface area contributed by atoms with Gasteiger partial charge in [-0.25, -0.2) is 4.79 Å². The third-order valence-electron chi connectivity index (χ3n) is 4.02. The summed E-state index contributed by atoms with van der Waals surface area (Å²) in [6, 6.07) is 11.8. The van der Waals surface area contributed by atoms with Crippen LogP contribution >= 0.6 is 0 Å². The molecule has 3 N–H and O–H groups in total. The maximum atomic E-state index is 12.2. The van der Waals surface area contributed by atoms with Crippen molar-refractivity contribution in [3.05, 3.63) is 42.5 Å². The van der Waals surface area contributed by atoms with Gasteiger partial charge in [0.15, 0.2) is 0 Å². The Kier molecular flexibility index (Phi) is 4.71. The minimum atomic E-state index is -0.629. The lowest BCUT2D eigenvalue weighted by Gasteiger charge is -2.18. The van der Waals surface area contributed by atoms with E-state index in [1.807, 2.05) is 13.8 Å². The van der Waals surface area contributed by atoms with E-state index in [2.05, 4.69) is 16.0 Å². The summed E-state index contributed by atoms with van der Waals surface area (Å²) in [5.41, 5.74) is 1.12. The van der Waals surface area contributed by atoms with Gasteiger partial charge in [-0.2, -0.15) is 0 Å². The summed E-state index contributed by atoms with van der Waals surface area (Å²) in [5.74, 6) is 1.07. The van der Waals surface area contributed by atoms with E-state index in [9.17, 15) is 9.59 Å². The molecule has 0 saturated heterocycles. The fourth-order valence-corrected chi connectivity index (χ4v) is 2.43. The average molecular weight is 355 g/mol. The van der Waals surface area contributed by atoms with Gasteiger partial charge < -0.3 is 25.4 Å². The standard InChI is InChI=1S/C19H21N3O4/c1-19(2)11-26-16-10-13(7-8-15(16)22-17(19)23)21-18(24)20-12-5-4-6-14(9-12)25-3/h4-10H,11H2,1-3H3,(H,22,23)(H2,20,21,24). The van der Waals surface area contributed by atoms with Crippen molar-refractivity contribution in [1.82, 2.24) is 0 Å². The number of amides is 3. The molecule has 0 aliphatic carbocycles. The van der Waals surface area contributed by atoms with Crippen LogP contribution in [0.25, 0.3) is 0 Å². The lowest BCUT2D eigenvalue weighted by Crippen LogP contribution is -2.33. The fraction of sp³-hybridized carbons (Fsp3) is 0.263. The molecule has 7 nitrogen and oxygen atoms in total. The molecule has 0 bridgehead atoms. The zero-order chi connectivity index (χ0) is 18.7. The molecular formula is C19H21N3O4. The number of carbonyl (C=O) groups is 2. The first-order chi connectivity index (χ1) is 12.4. The highest BCUT2D eigenvalue weighted by molar-refractivity contribution is 6.01. The molecule has 1 aliphatic heterocycles. The second kappa shape index (κ2) is 6.95. The van der Waals surface area contributed by atoms with Crippen molar-refractivity contribution in [3.63, 3.8) is 0 Å². The van der Waals surface area contributed by atoms with Crippen LogP contribution in [0, 0.1) is 5.41 Å². The largest absolute Gasteiger partial charge is 0.497 e. The Hall–Kier alpha value is -3.22. The zero-order valence-corrected chi connectivity index (χ0v) is 14.9. The van der Waals surface area contributed by atoms with E-state index >= 15 is 0 Å². The van der Waals surface area contributed by atoms with Crippen LogP contribution in [0.4, 0.5) is 21.9 Å². The minimum Gasteiger partial charge on any atom is -0.497 e. The first-order valence-electron chi connectivity index (χ1n) is 8.18. The van der Waals surface area contributed by atoms with Crippen molar-refractivity contribution in [2.75, 3.05) is 29.7 Å². The van der Waals surface area contributed by atoms with Gasteiger partial charge >= 0.3 is 6.03 Å². The van der Waals surface area contributed by atoms with Crippen molar-refractivity contribution in [2.24, 2.45) is 5.41 Å². The first-order valence-corrected chi connectivity index (χ1v) is 8.18. The Labute approximate surface area is 151 Å². The number of ether oxygens (including phenoxy) is 2. The van der Waals surface area contributed by atoms with E-state index in [1.165, 1.54) is 0 Å². The molecule has 0 radical (unpaired) electrons. The Morgan fingerprint density at radius 3 is 2.62 bits per heavy atom. The molecule has 1 heterocycles. The number of benzene rings is 2. The van der Waals surface area contributed by atoms with Gasteiger partial charge in [0.1, 0.15) is 18.1 Å². The maximum Gasteiger partial charge on any atom is 0.323 e. The number of hydrogen-bond donors (Lipinski definition) is 3. The van der Waals surface area contributed by atoms with Crippen LogP contribution in [0.15, 0.2) is 42.5 Å². The normalized spacial score (nSPS) is 15.0. The van der Waals surface area contributed by atoms with Crippen LogP contribution in [0.1, 0.15) is 13.8 Å². The Morgan fingerprint density at radius 1 is 1.15 bits per heavy atom. The van der Waals surface area contributed by atoms with E-state index in [1.54, 1.807) is 49.6 Å². The second-order valence-corrected chi connectivity index (χ2v) is 6.65. The molecule has 3 amide bonds. The molecule has 0 fully saturated rings. The van der Waals surface area contributed by atoms with Gasteiger partial charge in [-0.3, -0.25) is 4.79 Å². The van der Waals surface area contributed by atoms with Crippen molar-refractivity contribution >= 4 is 29.0 Å². The molecule has 0 saturated carbocycles. The number of anilines is 3. The molecule has 1 aliphatic rings. The van der Waals surface area contributed by atoms with E-state index in [0.717, 1.165) is 0 Å². The predicted molar refractivity (Wildman–Crippen MR) is 100.0 cm³/mol. The van der Waals surface area contributed by atoms with Crippen molar-refractivity contribution in [2.45, 2.75) is 13.8 Å². The zero-order valence-electron chi connectivity index (χ0n) is 14.9. The lowest BCUT2D eigenvalue weighted by atomic mass is 9.94. The van der Waals surface area contributed by atoms with Gasteiger partial charge in [-0.1, -0.05) is 6.07 Å². The van der Waals surface area contributed by atoms with Crippen LogP contribution < -0.4 is 25.4 Å².